The minimum atomic E-state index is 0.853. The fourth-order valence-electron chi connectivity index (χ4n) is 2.96. The number of aromatic nitrogens is 1. The molecule has 136 valence electrons. The van der Waals surface area contributed by atoms with Crippen molar-refractivity contribution in [3.8, 4) is 5.75 Å². The number of nitrogens with one attached hydrogen (secondary N) is 1. The summed E-state index contributed by atoms with van der Waals surface area (Å²) in [6, 6.07) is 12.5. The first-order valence-corrected chi connectivity index (χ1v) is 9.39. The van der Waals surface area contributed by atoms with E-state index in [-0.39, 0.29) is 0 Å². The second-order valence-electron chi connectivity index (χ2n) is 6.02. The van der Waals surface area contributed by atoms with Gasteiger partial charge in [-0.3, -0.25) is 0 Å². The van der Waals surface area contributed by atoms with Crippen molar-refractivity contribution in [1.29, 1.82) is 0 Å². The largest absolute Gasteiger partial charge is 0.497 e. The topological polar surface area (TPSA) is 37.4 Å². The van der Waals surface area contributed by atoms with Crippen LogP contribution in [-0.4, -0.2) is 25.2 Å². The van der Waals surface area contributed by atoms with Crippen LogP contribution in [0.3, 0.4) is 0 Å². The third-order valence-corrected chi connectivity index (χ3v) is 4.31. The normalized spacial score (nSPS) is 13.8. The Hall–Kier alpha value is -2.07. The van der Waals surface area contributed by atoms with Crippen LogP contribution < -0.4 is 15.0 Å². The molecule has 0 aliphatic carbocycles. The number of anilines is 1. The fraction of sp³-hybridized carbons (Fsp3) is 0.476. The van der Waals surface area contributed by atoms with Gasteiger partial charge < -0.3 is 15.0 Å². The standard InChI is InChI=1S/C19H25N3O.C2H6/c1-23-18-7-5-16(6-8-18)14-20-15-17-9-10-21-19(13-17)22-11-3-2-4-12-22;1-2/h5-10,13,20H,2-4,11-12,14-15H2,1H3;1-2H3. The van der Waals surface area contributed by atoms with Crippen molar-refractivity contribution >= 4 is 5.82 Å². The quantitative estimate of drug-likeness (QED) is 0.845. The Bertz CT molecular complexity index is 607. The second kappa shape index (κ2) is 10.7. The van der Waals surface area contributed by atoms with Crippen molar-refractivity contribution < 1.29 is 4.74 Å². The van der Waals surface area contributed by atoms with Crippen LogP contribution in [0, 0.1) is 0 Å². The van der Waals surface area contributed by atoms with Gasteiger partial charge in [0.1, 0.15) is 11.6 Å². The third-order valence-electron chi connectivity index (χ3n) is 4.31. The first kappa shape index (κ1) is 19.3. The molecule has 0 amide bonds. The van der Waals surface area contributed by atoms with E-state index in [4.69, 9.17) is 4.74 Å². The number of benzene rings is 1. The van der Waals surface area contributed by atoms with Crippen LogP contribution in [0.2, 0.25) is 0 Å². The zero-order valence-electron chi connectivity index (χ0n) is 15.8. The summed E-state index contributed by atoms with van der Waals surface area (Å²) in [6.45, 7) is 7.98. The van der Waals surface area contributed by atoms with E-state index in [0.717, 1.165) is 37.7 Å². The molecule has 1 saturated heterocycles. The predicted molar refractivity (Wildman–Crippen MR) is 105 cm³/mol. The highest BCUT2D eigenvalue weighted by molar-refractivity contribution is 5.41. The van der Waals surface area contributed by atoms with Crippen LogP contribution >= 0.6 is 0 Å². The molecule has 0 radical (unpaired) electrons. The van der Waals surface area contributed by atoms with Gasteiger partial charge in [0.05, 0.1) is 7.11 Å². The number of piperidine rings is 1. The van der Waals surface area contributed by atoms with Crippen LogP contribution in [-0.2, 0) is 13.1 Å². The molecular weight excluding hydrogens is 310 g/mol. The first-order valence-electron chi connectivity index (χ1n) is 9.39. The highest BCUT2D eigenvalue weighted by Gasteiger charge is 2.12. The van der Waals surface area contributed by atoms with Crippen LogP contribution in [0.15, 0.2) is 42.6 Å². The summed E-state index contributed by atoms with van der Waals surface area (Å²) in [6.07, 6.45) is 5.83. The Kier molecular flexibility index (Phi) is 8.26. The van der Waals surface area contributed by atoms with Gasteiger partial charge in [-0.15, -0.1) is 0 Å². The summed E-state index contributed by atoms with van der Waals surface area (Å²) in [5, 5.41) is 3.50. The Morgan fingerprint density at radius 1 is 0.960 bits per heavy atom. The van der Waals surface area contributed by atoms with Gasteiger partial charge in [-0.1, -0.05) is 26.0 Å². The average molecular weight is 341 g/mol. The summed E-state index contributed by atoms with van der Waals surface area (Å²) in [5.41, 5.74) is 2.55. The molecule has 1 N–H and O–H groups in total. The molecule has 0 saturated carbocycles. The third kappa shape index (κ3) is 6.05. The van der Waals surface area contributed by atoms with E-state index in [1.54, 1.807) is 7.11 Å². The summed E-state index contributed by atoms with van der Waals surface area (Å²) in [4.78, 5) is 6.93. The molecule has 1 aliphatic rings. The number of rotatable bonds is 6. The Morgan fingerprint density at radius 3 is 2.32 bits per heavy atom. The summed E-state index contributed by atoms with van der Waals surface area (Å²) < 4.78 is 5.18. The summed E-state index contributed by atoms with van der Waals surface area (Å²) in [5.74, 6) is 2.02. The van der Waals surface area contributed by atoms with Crippen molar-refractivity contribution in [2.45, 2.75) is 46.2 Å². The van der Waals surface area contributed by atoms with Gasteiger partial charge in [0, 0.05) is 32.4 Å². The molecule has 0 unspecified atom stereocenters. The molecule has 4 nitrogen and oxygen atoms in total. The minimum Gasteiger partial charge on any atom is -0.497 e. The van der Waals surface area contributed by atoms with Gasteiger partial charge in [0.15, 0.2) is 0 Å². The van der Waals surface area contributed by atoms with Crippen LogP contribution in [0.1, 0.15) is 44.2 Å². The van der Waals surface area contributed by atoms with Crippen molar-refractivity contribution in [2.24, 2.45) is 0 Å². The van der Waals surface area contributed by atoms with Crippen molar-refractivity contribution in [2.75, 3.05) is 25.1 Å². The Morgan fingerprint density at radius 2 is 1.64 bits per heavy atom. The maximum Gasteiger partial charge on any atom is 0.128 e. The molecule has 2 aromatic rings. The molecule has 1 aromatic carbocycles. The number of hydrogen-bond donors (Lipinski definition) is 1. The summed E-state index contributed by atoms with van der Waals surface area (Å²) >= 11 is 0. The van der Waals surface area contributed by atoms with Gasteiger partial charge in [-0.2, -0.15) is 0 Å². The SMILES string of the molecule is CC.COc1ccc(CNCc2ccnc(N3CCCCC3)c2)cc1. The molecule has 1 aromatic heterocycles. The maximum atomic E-state index is 5.18. The predicted octanol–water partition coefficient (Wildman–Crippen LogP) is 4.40. The van der Waals surface area contributed by atoms with Gasteiger partial charge in [0.2, 0.25) is 0 Å². The molecule has 3 rings (SSSR count). The van der Waals surface area contributed by atoms with Crippen molar-refractivity contribution in [3.05, 3.63) is 53.7 Å². The average Bonchev–Trinajstić information content (AvgIpc) is 2.71. The lowest BCUT2D eigenvalue weighted by molar-refractivity contribution is 0.414. The molecule has 0 atom stereocenters. The number of pyridine rings is 1. The molecule has 4 heteroatoms. The first-order chi connectivity index (χ1) is 12.3. The molecule has 1 aliphatic heterocycles. The van der Waals surface area contributed by atoms with E-state index in [1.165, 1.54) is 30.4 Å². The van der Waals surface area contributed by atoms with Gasteiger partial charge in [-0.05, 0) is 54.7 Å². The maximum absolute atomic E-state index is 5.18. The zero-order chi connectivity index (χ0) is 17.9. The van der Waals surface area contributed by atoms with Crippen molar-refractivity contribution in [3.63, 3.8) is 0 Å². The highest BCUT2D eigenvalue weighted by atomic mass is 16.5. The molecular formula is C21H31N3O. The molecule has 0 spiro atoms. The fourth-order valence-corrected chi connectivity index (χ4v) is 2.96. The lowest BCUT2D eigenvalue weighted by Gasteiger charge is -2.27. The minimum absolute atomic E-state index is 0.853. The van der Waals surface area contributed by atoms with Gasteiger partial charge in [-0.25, -0.2) is 4.98 Å². The van der Waals surface area contributed by atoms with Gasteiger partial charge in [0.25, 0.3) is 0 Å². The van der Waals surface area contributed by atoms with E-state index in [1.807, 2.05) is 32.2 Å². The van der Waals surface area contributed by atoms with E-state index in [2.05, 4.69) is 39.5 Å². The van der Waals surface area contributed by atoms with Crippen LogP contribution in [0.4, 0.5) is 5.82 Å². The van der Waals surface area contributed by atoms with E-state index < -0.39 is 0 Å². The zero-order valence-corrected chi connectivity index (χ0v) is 15.8. The van der Waals surface area contributed by atoms with Crippen molar-refractivity contribution in [1.82, 2.24) is 10.3 Å². The number of nitrogens with zero attached hydrogens (tertiary/aromatic N) is 2. The molecule has 2 heterocycles. The number of methoxy groups -OCH3 is 1. The Balaban J connectivity index is 0.00000109. The molecule has 0 bridgehead atoms. The second-order valence-corrected chi connectivity index (χ2v) is 6.02. The Labute approximate surface area is 152 Å². The lowest BCUT2D eigenvalue weighted by Crippen LogP contribution is -2.30. The number of ether oxygens (including phenoxy) is 1. The summed E-state index contributed by atoms with van der Waals surface area (Å²) in [7, 11) is 1.69. The van der Waals surface area contributed by atoms with E-state index in [9.17, 15) is 0 Å². The van der Waals surface area contributed by atoms with Crippen LogP contribution in [0.5, 0.6) is 5.75 Å². The molecule has 1 fully saturated rings. The van der Waals surface area contributed by atoms with Gasteiger partial charge >= 0.3 is 0 Å². The monoisotopic (exact) mass is 341 g/mol. The number of hydrogen-bond acceptors (Lipinski definition) is 4. The highest BCUT2D eigenvalue weighted by Crippen LogP contribution is 2.18. The van der Waals surface area contributed by atoms with E-state index >= 15 is 0 Å². The van der Waals surface area contributed by atoms with E-state index in [0.29, 0.717) is 0 Å². The smallest absolute Gasteiger partial charge is 0.128 e. The van der Waals surface area contributed by atoms with Crippen LogP contribution in [0.25, 0.3) is 0 Å². The lowest BCUT2D eigenvalue weighted by atomic mass is 10.1. The molecule has 25 heavy (non-hydrogen) atoms.